The number of carbonyl (C=O) groups excluding carboxylic acids is 2. The van der Waals surface area contributed by atoms with Crippen LogP contribution in [0.15, 0.2) is 18.2 Å². The highest BCUT2D eigenvalue weighted by Gasteiger charge is 2.34. The summed E-state index contributed by atoms with van der Waals surface area (Å²) >= 11 is 0. The van der Waals surface area contributed by atoms with E-state index in [2.05, 4.69) is 20.7 Å². The van der Waals surface area contributed by atoms with Crippen LogP contribution in [0.4, 0.5) is 11.6 Å². The molecule has 1 atom stereocenters. The second-order valence-electron chi connectivity index (χ2n) is 5.25. The van der Waals surface area contributed by atoms with Gasteiger partial charge in [-0.15, -0.1) is 0 Å². The van der Waals surface area contributed by atoms with Crippen molar-refractivity contribution in [1.82, 2.24) is 14.8 Å². The smallest absolute Gasteiger partial charge is 0.252 e. The van der Waals surface area contributed by atoms with Crippen LogP contribution in [0.2, 0.25) is 0 Å². The predicted octanol–water partition coefficient (Wildman–Crippen LogP) is 1.13. The Bertz CT molecular complexity index is 801. The average Bonchev–Trinajstić information content (AvgIpc) is 3.04. The Kier molecular flexibility index (Phi) is 4.07. The quantitative estimate of drug-likeness (QED) is 0.850. The summed E-state index contributed by atoms with van der Waals surface area (Å²) in [4.78, 5) is 28.4. The number of aromatic nitrogens is 3. The molecule has 24 heavy (non-hydrogen) atoms. The molecule has 0 saturated carbocycles. The lowest BCUT2D eigenvalue weighted by molar-refractivity contribution is -0.123. The average molecular weight is 331 g/mol. The van der Waals surface area contributed by atoms with Crippen LogP contribution in [0.3, 0.4) is 0 Å². The van der Waals surface area contributed by atoms with Gasteiger partial charge in [0.05, 0.1) is 26.3 Å². The molecule has 2 amide bonds. The summed E-state index contributed by atoms with van der Waals surface area (Å²) in [5, 5.41) is 9.48. The number of hydrogen-bond acceptors (Lipinski definition) is 6. The molecule has 0 spiro atoms. The molecule has 0 radical (unpaired) electrons. The van der Waals surface area contributed by atoms with Crippen molar-refractivity contribution >= 4 is 23.5 Å². The van der Waals surface area contributed by atoms with Crippen molar-refractivity contribution in [1.29, 1.82) is 0 Å². The number of anilines is 2. The van der Waals surface area contributed by atoms with Gasteiger partial charge in [0, 0.05) is 6.07 Å². The minimum absolute atomic E-state index is 0.0587. The lowest BCUT2D eigenvalue weighted by atomic mass is 10.2. The van der Waals surface area contributed by atoms with Crippen molar-refractivity contribution in [3.8, 4) is 11.5 Å². The van der Waals surface area contributed by atoms with Crippen LogP contribution in [0.5, 0.6) is 11.5 Å². The number of rotatable bonds is 5. The summed E-state index contributed by atoms with van der Waals surface area (Å²) in [6, 6.07) is 4.33. The van der Waals surface area contributed by atoms with Gasteiger partial charge in [-0.25, -0.2) is 4.68 Å². The number of aryl methyl sites for hydroxylation is 1. The number of ether oxygens (including phenoxy) is 2. The van der Waals surface area contributed by atoms with Crippen LogP contribution in [-0.4, -0.2) is 40.8 Å². The second kappa shape index (κ2) is 6.19. The van der Waals surface area contributed by atoms with Gasteiger partial charge in [-0.1, -0.05) is 0 Å². The van der Waals surface area contributed by atoms with Crippen LogP contribution >= 0.6 is 0 Å². The fraction of sp³-hybridized carbons (Fsp3) is 0.333. The zero-order chi connectivity index (χ0) is 17.3. The lowest BCUT2D eigenvalue weighted by Gasteiger charge is -2.13. The highest BCUT2D eigenvalue weighted by Crippen LogP contribution is 2.30. The standard InChI is InChI=1S/C15H17N5O4/c1-8-16-15-18-14(22)11(20(15)19-8)7-13(21)17-10-5-4-9(23-2)6-12(10)24-3/h4-6,11H,7H2,1-3H3,(H,17,21)(H,16,18,19,22)/t11-/m0/s1. The summed E-state index contributed by atoms with van der Waals surface area (Å²) in [5.74, 6) is 1.34. The van der Waals surface area contributed by atoms with E-state index in [9.17, 15) is 9.59 Å². The van der Waals surface area contributed by atoms with Crippen LogP contribution in [0.25, 0.3) is 0 Å². The molecular formula is C15H17N5O4. The molecule has 2 aromatic rings. The number of benzene rings is 1. The van der Waals surface area contributed by atoms with Gasteiger partial charge < -0.3 is 14.8 Å². The van der Waals surface area contributed by atoms with E-state index in [1.165, 1.54) is 11.8 Å². The molecule has 1 aromatic carbocycles. The topological polar surface area (TPSA) is 107 Å². The summed E-state index contributed by atoms with van der Waals surface area (Å²) in [6.07, 6.45) is -0.0587. The first kappa shape index (κ1) is 15.8. The van der Waals surface area contributed by atoms with E-state index >= 15 is 0 Å². The van der Waals surface area contributed by atoms with Crippen molar-refractivity contribution in [2.45, 2.75) is 19.4 Å². The highest BCUT2D eigenvalue weighted by molar-refractivity contribution is 6.01. The maximum atomic E-state index is 12.3. The number of nitrogens with zero attached hydrogens (tertiary/aromatic N) is 3. The van der Waals surface area contributed by atoms with Gasteiger partial charge >= 0.3 is 0 Å². The Hall–Kier alpha value is -3.10. The summed E-state index contributed by atoms with van der Waals surface area (Å²) in [5.41, 5.74) is 0.497. The number of nitrogens with one attached hydrogen (secondary N) is 2. The third-order valence-corrected chi connectivity index (χ3v) is 3.63. The molecule has 1 aliphatic heterocycles. The maximum absolute atomic E-state index is 12.3. The van der Waals surface area contributed by atoms with Crippen LogP contribution in [0, 0.1) is 6.92 Å². The molecule has 0 bridgehead atoms. The van der Waals surface area contributed by atoms with Crippen molar-refractivity contribution in [3.05, 3.63) is 24.0 Å². The van der Waals surface area contributed by atoms with Gasteiger partial charge in [-0.2, -0.15) is 10.1 Å². The van der Waals surface area contributed by atoms with Crippen LogP contribution in [-0.2, 0) is 9.59 Å². The summed E-state index contributed by atoms with van der Waals surface area (Å²) in [6.45, 7) is 1.72. The van der Waals surface area contributed by atoms with E-state index in [0.717, 1.165) is 0 Å². The predicted molar refractivity (Wildman–Crippen MR) is 85.2 cm³/mol. The minimum atomic E-state index is -0.717. The Labute approximate surface area is 138 Å². The molecule has 9 heteroatoms. The number of fused-ring (bicyclic) bond motifs is 1. The van der Waals surface area contributed by atoms with E-state index in [0.29, 0.717) is 29.0 Å². The molecule has 2 heterocycles. The van der Waals surface area contributed by atoms with E-state index in [1.54, 1.807) is 32.2 Å². The van der Waals surface area contributed by atoms with Gasteiger partial charge in [0.2, 0.25) is 11.9 Å². The SMILES string of the molecule is COc1ccc(NC(=O)C[C@H]2C(=O)Nc3nc(C)nn32)c(OC)c1. The first-order valence-corrected chi connectivity index (χ1v) is 7.27. The number of methoxy groups -OCH3 is 2. The molecule has 126 valence electrons. The number of hydrogen-bond donors (Lipinski definition) is 2. The zero-order valence-electron chi connectivity index (χ0n) is 13.5. The largest absolute Gasteiger partial charge is 0.497 e. The third kappa shape index (κ3) is 2.87. The molecule has 2 N–H and O–H groups in total. The van der Waals surface area contributed by atoms with Gasteiger partial charge in [-0.3, -0.25) is 14.9 Å². The van der Waals surface area contributed by atoms with E-state index in [-0.39, 0.29) is 18.2 Å². The highest BCUT2D eigenvalue weighted by atomic mass is 16.5. The molecule has 1 aromatic heterocycles. The van der Waals surface area contributed by atoms with Gasteiger partial charge in [0.1, 0.15) is 23.4 Å². The third-order valence-electron chi connectivity index (χ3n) is 3.63. The normalized spacial score (nSPS) is 15.6. The maximum Gasteiger partial charge on any atom is 0.252 e. The molecule has 0 aliphatic carbocycles. The first-order valence-electron chi connectivity index (χ1n) is 7.27. The van der Waals surface area contributed by atoms with Gasteiger partial charge in [0.15, 0.2) is 0 Å². The Balaban J connectivity index is 1.73. The van der Waals surface area contributed by atoms with E-state index < -0.39 is 6.04 Å². The van der Waals surface area contributed by atoms with Crippen LogP contribution in [0.1, 0.15) is 18.3 Å². The van der Waals surface area contributed by atoms with Crippen molar-refractivity contribution < 1.29 is 19.1 Å². The first-order chi connectivity index (χ1) is 11.5. The molecule has 0 unspecified atom stereocenters. The molecule has 3 rings (SSSR count). The fourth-order valence-corrected chi connectivity index (χ4v) is 2.50. The lowest BCUT2D eigenvalue weighted by Crippen LogP contribution is -2.24. The molecule has 1 aliphatic rings. The monoisotopic (exact) mass is 331 g/mol. The van der Waals surface area contributed by atoms with E-state index in [1.807, 2.05) is 0 Å². The van der Waals surface area contributed by atoms with Crippen LogP contribution < -0.4 is 20.1 Å². The summed E-state index contributed by atoms with van der Waals surface area (Å²) in [7, 11) is 3.04. The molecule has 0 saturated heterocycles. The van der Waals surface area contributed by atoms with Crippen molar-refractivity contribution in [3.63, 3.8) is 0 Å². The molecule has 9 nitrogen and oxygen atoms in total. The van der Waals surface area contributed by atoms with E-state index in [4.69, 9.17) is 9.47 Å². The van der Waals surface area contributed by atoms with Gasteiger partial charge in [0.25, 0.3) is 5.91 Å². The summed E-state index contributed by atoms with van der Waals surface area (Å²) < 4.78 is 11.8. The zero-order valence-corrected chi connectivity index (χ0v) is 13.5. The fourth-order valence-electron chi connectivity index (χ4n) is 2.50. The molecule has 0 fully saturated rings. The second-order valence-corrected chi connectivity index (χ2v) is 5.25. The number of amides is 2. The Morgan fingerprint density at radius 3 is 2.88 bits per heavy atom. The van der Waals surface area contributed by atoms with Gasteiger partial charge in [-0.05, 0) is 19.1 Å². The Morgan fingerprint density at radius 2 is 2.17 bits per heavy atom. The van der Waals surface area contributed by atoms with Crippen molar-refractivity contribution in [2.24, 2.45) is 0 Å². The molecular weight excluding hydrogens is 314 g/mol. The minimum Gasteiger partial charge on any atom is -0.497 e. The Morgan fingerprint density at radius 1 is 1.38 bits per heavy atom. The number of carbonyl (C=O) groups is 2. The van der Waals surface area contributed by atoms with Crippen molar-refractivity contribution in [2.75, 3.05) is 24.9 Å².